The molecule has 3 rings (SSSR count). The molecule has 0 aliphatic carbocycles. The van der Waals surface area contributed by atoms with Gasteiger partial charge in [-0.2, -0.15) is 4.31 Å². The van der Waals surface area contributed by atoms with Gasteiger partial charge in [0.25, 0.3) is 0 Å². The zero-order chi connectivity index (χ0) is 19.4. The lowest BCUT2D eigenvalue weighted by atomic mass is 10.1. The van der Waals surface area contributed by atoms with Gasteiger partial charge in [-0.3, -0.25) is 9.59 Å². The number of ether oxygens (including phenoxy) is 1. The Morgan fingerprint density at radius 1 is 1.07 bits per heavy atom. The summed E-state index contributed by atoms with van der Waals surface area (Å²) in [4.78, 5) is 24.7. The van der Waals surface area contributed by atoms with E-state index in [0.717, 1.165) is 3.57 Å². The highest BCUT2D eigenvalue weighted by atomic mass is 127. The lowest BCUT2D eigenvalue weighted by molar-refractivity contribution is -0.146. The molecule has 0 radical (unpaired) electrons. The number of benzene rings is 2. The number of Topliss-reactive ketones (excluding diaryl/α,β-unsaturated/α-hetero) is 1. The smallest absolute Gasteiger partial charge is 0.324 e. The molecule has 0 saturated carbocycles. The molecule has 8 heteroatoms. The predicted molar refractivity (Wildman–Crippen MR) is 108 cm³/mol. The quantitative estimate of drug-likeness (QED) is 0.347. The van der Waals surface area contributed by atoms with Gasteiger partial charge in [0.1, 0.15) is 6.04 Å². The average molecular weight is 499 g/mol. The van der Waals surface area contributed by atoms with Gasteiger partial charge in [0.2, 0.25) is 10.0 Å². The molecule has 2 aromatic rings. The van der Waals surface area contributed by atoms with Gasteiger partial charge < -0.3 is 4.74 Å². The number of hydrogen-bond acceptors (Lipinski definition) is 5. The SMILES string of the molecule is O=C(COC(=O)C1CCCN1S(=O)(=O)c1ccc(I)cc1)c1ccccc1. The summed E-state index contributed by atoms with van der Waals surface area (Å²) in [5.74, 6) is -1.01. The van der Waals surface area contributed by atoms with Gasteiger partial charge in [-0.15, -0.1) is 0 Å². The maximum Gasteiger partial charge on any atom is 0.324 e. The summed E-state index contributed by atoms with van der Waals surface area (Å²) in [7, 11) is -3.80. The molecule has 1 aliphatic rings. The van der Waals surface area contributed by atoms with E-state index in [1.165, 1.54) is 16.4 Å². The highest BCUT2D eigenvalue weighted by molar-refractivity contribution is 14.1. The number of carbonyl (C=O) groups is 2. The number of nitrogens with zero attached hydrogens (tertiary/aromatic N) is 1. The summed E-state index contributed by atoms with van der Waals surface area (Å²) in [5.41, 5.74) is 0.445. The van der Waals surface area contributed by atoms with Gasteiger partial charge in [-0.05, 0) is 59.7 Å². The van der Waals surface area contributed by atoms with Crippen molar-refractivity contribution in [3.8, 4) is 0 Å². The summed E-state index contributed by atoms with van der Waals surface area (Å²) in [6.45, 7) is -0.155. The topological polar surface area (TPSA) is 80.8 Å². The molecule has 0 N–H and O–H groups in total. The molecule has 0 bridgehead atoms. The number of sulfonamides is 1. The standard InChI is InChI=1S/C19H18INO5S/c20-15-8-10-16(11-9-15)27(24,25)21-12-4-7-17(21)19(23)26-13-18(22)14-5-2-1-3-6-14/h1-3,5-6,8-11,17H,4,7,12-13H2. The summed E-state index contributed by atoms with van der Waals surface area (Å²) < 4.78 is 33.0. The van der Waals surface area contributed by atoms with Crippen molar-refractivity contribution in [1.82, 2.24) is 4.31 Å². The molecular formula is C19H18INO5S. The van der Waals surface area contributed by atoms with Crippen molar-refractivity contribution in [2.75, 3.05) is 13.2 Å². The minimum atomic E-state index is -3.80. The molecule has 1 saturated heterocycles. The molecule has 0 spiro atoms. The Kier molecular flexibility index (Phi) is 6.28. The minimum Gasteiger partial charge on any atom is -0.456 e. The maximum atomic E-state index is 12.9. The van der Waals surface area contributed by atoms with Gasteiger partial charge in [-0.25, -0.2) is 8.42 Å². The first kappa shape index (κ1) is 20.0. The molecule has 142 valence electrons. The number of hydrogen-bond donors (Lipinski definition) is 0. The third-order valence-corrected chi connectivity index (χ3v) is 6.98. The van der Waals surface area contributed by atoms with E-state index >= 15 is 0 Å². The van der Waals surface area contributed by atoms with E-state index in [9.17, 15) is 18.0 Å². The zero-order valence-corrected chi connectivity index (χ0v) is 17.4. The first-order chi connectivity index (χ1) is 12.9. The molecule has 2 aromatic carbocycles. The summed E-state index contributed by atoms with van der Waals surface area (Å²) in [6.07, 6.45) is 0.942. The van der Waals surface area contributed by atoms with Crippen LogP contribution in [0.15, 0.2) is 59.5 Å². The normalized spacial score (nSPS) is 17.6. The van der Waals surface area contributed by atoms with Crippen LogP contribution in [0.1, 0.15) is 23.2 Å². The van der Waals surface area contributed by atoms with Crippen molar-refractivity contribution in [2.45, 2.75) is 23.8 Å². The molecule has 1 fully saturated rings. The Morgan fingerprint density at radius 2 is 1.74 bits per heavy atom. The van der Waals surface area contributed by atoms with Crippen LogP contribution in [0.4, 0.5) is 0 Å². The van der Waals surface area contributed by atoms with Gasteiger partial charge in [0, 0.05) is 15.7 Å². The lowest BCUT2D eigenvalue weighted by Gasteiger charge is -2.22. The molecular weight excluding hydrogens is 481 g/mol. The summed E-state index contributed by atoms with van der Waals surface area (Å²) in [6, 6.07) is 14.1. The molecule has 0 amide bonds. The monoisotopic (exact) mass is 499 g/mol. The van der Waals surface area contributed by atoms with Crippen LogP contribution in [-0.2, 0) is 19.6 Å². The third kappa shape index (κ3) is 4.56. The molecule has 1 atom stereocenters. The fourth-order valence-electron chi connectivity index (χ4n) is 2.95. The van der Waals surface area contributed by atoms with E-state index in [4.69, 9.17) is 4.74 Å². The Morgan fingerprint density at radius 3 is 2.41 bits per heavy atom. The van der Waals surface area contributed by atoms with E-state index in [0.29, 0.717) is 18.4 Å². The van der Waals surface area contributed by atoms with E-state index in [1.807, 2.05) is 0 Å². The van der Waals surface area contributed by atoms with Crippen molar-refractivity contribution < 1.29 is 22.7 Å². The van der Waals surface area contributed by atoms with E-state index in [-0.39, 0.29) is 17.2 Å². The minimum absolute atomic E-state index is 0.142. The fourth-order valence-corrected chi connectivity index (χ4v) is 4.95. The molecule has 27 heavy (non-hydrogen) atoms. The highest BCUT2D eigenvalue weighted by Crippen LogP contribution is 2.27. The van der Waals surface area contributed by atoms with Crippen LogP contribution in [0.3, 0.4) is 0 Å². The first-order valence-corrected chi connectivity index (χ1v) is 10.9. The van der Waals surface area contributed by atoms with Gasteiger partial charge >= 0.3 is 5.97 Å². The highest BCUT2D eigenvalue weighted by Gasteiger charge is 2.40. The van der Waals surface area contributed by atoms with Crippen molar-refractivity contribution in [2.24, 2.45) is 0 Å². The second-order valence-electron chi connectivity index (χ2n) is 6.12. The van der Waals surface area contributed by atoms with E-state index < -0.39 is 28.6 Å². The molecule has 1 aliphatic heterocycles. The number of ketones is 1. The summed E-state index contributed by atoms with van der Waals surface area (Å²) in [5, 5.41) is 0. The Labute approximate surface area is 171 Å². The number of carbonyl (C=O) groups excluding carboxylic acids is 2. The average Bonchev–Trinajstić information content (AvgIpc) is 3.18. The van der Waals surface area contributed by atoms with Crippen molar-refractivity contribution >= 4 is 44.4 Å². The van der Waals surface area contributed by atoms with Crippen LogP contribution < -0.4 is 0 Å². The second kappa shape index (κ2) is 8.49. The van der Waals surface area contributed by atoms with E-state index in [1.54, 1.807) is 42.5 Å². The van der Waals surface area contributed by atoms with Crippen LogP contribution in [0.25, 0.3) is 0 Å². The maximum absolute atomic E-state index is 12.9. The Balaban J connectivity index is 1.69. The van der Waals surface area contributed by atoms with E-state index in [2.05, 4.69) is 22.6 Å². The first-order valence-electron chi connectivity index (χ1n) is 8.42. The third-order valence-electron chi connectivity index (χ3n) is 4.34. The zero-order valence-electron chi connectivity index (χ0n) is 14.4. The van der Waals surface area contributed by atoms with Gasteiger partial charge in [0.15, 0.2) is 12.4 Å². The number of halogens is 1. The van der Waals surface area contributed by atoms with Crippen molar-refractivity contribution in [1.29, 1.82) is 0 Å². The molecule has 1 heterocycles. The second-order valence-corrected chi connectivity index (χ2v) is 9.26. The van der Waals surface area contributed by atoms with Crippen LogP contribution in [0.2, 0.25) is 0 Å². The number of esters is 1. The molecule has 1 unspecified atom stereocenters. The predicted octanol–water partition coefficient (Wildman–Crippen LogP) is 2.87. The largest absolute Gasteiger partial charge is 0.456 e. The Bertz CT molecular complexity index is 928. The van der Waals surface area contributed by atoms with Crippen LogP contribution in [-0.4, -0.2) is 43.7 Å². The Hall–Kier alpha value is -1.78. The number of rotatable bonds is 6. The van der Waals surface area contributed by atoms with Crippen molar-refractivity contribution in [3.63, 3.8) is 0 Å². The van der Waals surface area contributed by atoms with Crippen LogP contribution in [0, 0.1) is 3.57 Å². The molecule has 0 aromatic heterocycles. The summed E-state index contributed by atoms with van der Waals surface area (Å²) >= 11 is 2.09. The molecule has 6 nitrogen and oxygen atoms in total. The fraction of sp³-hybridized carbons (Fsp3) is 0.263. The van der Waals surface area contributed by atoms with Crippen molar-refractivity contribution in [3.05, 3.63) is 63.7 Å². The van der Waals surface area contributed by atoms with Crippen LogP contribution >= 0.6 is 22.6 Å². The lowest BCUT2D eigenvalue weighted by Crippen LogP contribution is -2.41. The van der Waals surface area contributed by atoms with Gasteiger partial charge in [-0.1, -0.05) is 30.3 Å². The van der Waals surface area contributed by atoms with Gasteiger partial charge in [0.05, 0.1) is 4.90 Å². The van der Waals surface area contributed by atoms with Crippen LogP contribution in [0.5, 0.6) is 0 Å².